The summed E-state index contributed by atoms with van der Waals surface area (Å²) < 4.78 is 10.8. The number of ether oxygens (including phenoxy) is 2. The van der Waals surface area contributed by atoms with Gasteiger partial charge in [0.25, 0.3) is 0 Å². The van der Waals surface area contributed by atoms with Gasteiger partial charge < -0.3 is 9.47 Å². The number of rotatable bonds is 6. The number of hydrogen-bond acceptors (Lipinski definition) is 4. The van der Waals surface area contributed by atoms with Crippen LogP contribution in [0.25, 0.3) is 23.1 Å². The van der Waals surface area contributed by atoms with Crippen molar-refractivity contribution in [2.24, 2.45) is 0 Å². The summed E-state index contributed by atoms with van der Waals surface area (Å²) in [5.41, 5.74) is 5.56. The van der Waals surface area contributed by atoms with Crippen LogP contribution in [0.1, 0.15) is 32.7 Å². The minimum atomic E-state index is -0.347. The Morgan fingerprint density at radius 2 is 1.74 bits per heavy atom. The van der Waals surface area contributed by atoms with Crippen molar-refractivity contribution < 1.29 is 14.3 Å². The average Bonchev–Trinajstić information content (AvgIpc) is 2.81. The average molecular weight is 409 g/mol. The van der Waals surface area contributed by atoms with Gasteiger partial charge in [-0.15, -0.1) is 0 Å². The Balaban J connectivity index is 1.48. The predicted octanol–water partition coefficient (Wildman–Crippen LogP) is 6.08. The van der Waals surface area contributed by atoms with E-state index in [9.17, 15) is 4.79 Å². The third-order valence-electron chi connectivity index (χ3n) is 4.99. The van der Waals surface area contributed by atoms with E-state index in [4.69, 9.17) is 14.5 Å². The first-order valence-electron chi connectivity index (χ1n) is 10.1. The van der Waals surface area contributed by atoms with E-state index in [1.807, 2.05) is 60.7 Å². The summed E-state index contributed by atoms with van der Waals surface area (Å²) in [6, 6.07) is 25.5. The molecule has 0 radical (unpaired) electrons. The van der Waals surface area contributed by atoms with Crippen molar-refractivity contribution in [2.45, 2.75) is 13.5 Å². The van der Waals surface area contributed by atoms with Crippen LogP contribution in [0.5, 0.6) is 5.75 Å². The van der Waals surface area contributed by atoms with Gasteiger partial charge in [0, 0.05) is 10.9 Å². The minimum Gasteiger partial charge on any atom is -0.488 e. The van der Waals surface area contributed by atoms with Crippen LogP contribution in [0.2, 0.25) is 0 Å². The second kappa shape index (κ2) is 9.26. The van der Waals surface area contributed by atoms with Crippen molar-refractivity contribution in [3.8, 4) is 5.75 Å². The number of nitrogens with zero attached hydrogens (tertiary/aromatic N) is 1. The van der Waals surface area contributed by atoms with Crippen molar-refractivity contribution in [2.75, 3.05) is 7.11 Å². The molecule has 4 rings (SSSR count). The fraction of sp³-hybridized carbons (Fsp3) is 0.111. The number of fused-ring (bicyclic) bond motifs is 1. The molecule has 0 amide bonds. The molecule has 31 heavy (non-hydrogen) atoms. The summed E-state index contributed by atoms with van der Waals surface area (Å²) in [6.45, 7) is 2.48. The van der Waals surface area contributed by atoms with Gasteiger partial charge in [0.05, 0.1) is 23.9 Å². The van der Waals surface area contributed by atoms with E-state index in [-0.39, 0.29) is 5.97 Å². The largest absolute Gasteiger partial charge is 0.488 e. The zero-order valence-electron chi connectivity index (χ0n) is 17.5. The molecule has 4 heteroatoms. The Hall–Kier alpha value is -3.92. The van der Waals surface area contributed by atoms with Crippen molar-refractivity contribution in [1.29, 1.82) is 0 Å². The van der Waals surface area contributed by atoms with Gasteiger partial charge in [-0.1, -0.05) is 48.0 Å². The van der Waals surface area contributed by atoms with Gasteiger partial charge in [0.15, 0.2) is 0 Å². The topological polar surface area (TPSA) is 48.4 Å². The first-order chi connectivity index (χ1) is 15.1. The monoisotopic (exact) mass is 409 g/mol. The molecule has 0 spiro atoms. The predicted molar refractivity (Wildman–Crippen MR) is 124 cm³/mol. The molecular formula is C27H23NO3. The number of benzene rings is 3. The van der Waals surface area contributed by atoms with E-state index in [1.54, 1.807) is 12.1 Å². The summed E-state index contributed by atoms with van der Waals surface area (Å²) in [5.74, 6) is 0.438. The van der Waals surface area contributed by atoms with Crippen LogP contribution in [0, 0.1) is 6.92 Å². The number of methoxy groups -OCH3 is 1. The van der Waals surface area contributed by atoms with Crippen LogP contribution in [0.4, 0.5) is 0 Å². The second-order valence-corrected chi connectivity index (χ2v) is 7.28. The summed E-state index contributed by atoms with van der Waals surface area (Å²) in [6.07, 6.45) is 4.00. The lowest BCUT2D eigenvalue weighted by atomic mass is 10.1. The zero-order chi connectivity index (χ0) is 21.6. The third kappa shape index (κ3) is 4.98. The number of esters is 1. The van der Waals surface area contributed by atoms with Crippen molar-refractivity contribution in [3.05, 3.63) is 107 Å². The molecule has 0 bridgehead atoms. The van der Waals surface area contributed by atoms with E-state index in [2.05, 4.69) is 25.1 Å². The lowest BCUT2D eigenvalue weighted by molar-refractivity contribution is 0.0600. The molecule has 0 fully saturated rings. The molecule has 0 aliphatic rings. The van der Waals surface area contributed by atoms with Crippen LogP contribution in [-0.2, 0) is 11.3 Å². The maximum Gasteiger partial charge on any atom is 0.337 e. The van der Waals surface area contributed by atoms with Gasteiger partial charge in [-0.25, -0.2) is 9.78 Å². The van der Waals surface area contributed by atoms with Crippen LogP contribution in [0.3, 0.4) is 0 Å². The zero-order valence-corrected chi connectivity index (χ0v) is 17.5. The standard InChI is InChI=1S/C27H23NO3/c1-19-7-16-25-23(17-19)13-15-24(28-25)14-12-21-5-3-4-6-26(21)31-18-20-8-10-22(11-9-20)27(29)30-2/h3-17H,18H2,1-2H3/b14-12+. The van der Waals surface area contributed by atoms with E-state index < -0.39 is 0 Å². The Kier molecular flexibility index (Phi) is 6.08. The Morgan fingerprint density at radius 3 is 2.55 bits per heavy atom. The van der Waals surface area contributed by atoms with Crippen molar-refractivity contribution in [3.63, 3.8) is 0 Å². The fourth-order valence-corrected chi connectivity index (χ4v) is 3.29. The van der Waals surface area contributed by atoms with Crippen LogP contribution < -0.4 is 4.74 Å². The summed E-state index contributed by atoms with van der Waals surface area (Å²) in [5, 5.41) is 1.14. The summed E-state index contributed by atoms with van der Waals surface area (Å²) in [4.78, 5) is 16.3. The maximum atomic E-state index is 11.6. The van der Waals surface area contributed by atoms with E-state index in [0.717, 1.165) is 33.5 Å². The molecule has 0 aliphatic carbocycles. The van der Waals surface area contributed by atoms with Crippen molar-refractivity contribution >= 4 is 29.0 Å². The first-order valence-corrected chi connectivity index (χ1v) is 10.1. The van der Waals surface area contributed by atoms with Crippen LogP contribution in [-0.4, -0.2) is 18.1 Å². The quantitative estimate of drug-likeness (QED) is 0.362. The summed E-state index contributed by atoms with van der Waals surface area (Å²) in [7, 11) is 1.37. The molecule has 1 heterocycles. The second-order valence-electron chi connectivity index (χ2n) is 7.28. The number of aromatic nitrogens is 1. The molecule has 154 valence electrons. The molecule has 0 saturated carbocycles. The lowest BCUT2D eigenvalue weighted by Crippen LogP contribution is -2.02. The number of aryl methyl sites for hydroxylation is 1. The van der Waals surface area contributed by atoms with Crippen LogP contribution >= 0.6 is 0 Å². The van der Waals surface area contributed by atoms with Gasteiger partial charge in [0.1, 0.15) is 12.4 Å². The molecule has 0 aliphatic heterocycles. The summed E-state index contributed by atoms with van der Waals surface area (Å²) >= 11 is 0. The van der Waals surface area contributed by atoms with Crippen LogP contribution in [0.15, 0.2) is 78.9 Å². The number of carbonyl (C=O) groups is 1. The Labute approximate surface area is 181 Å². The molecule has 4 nitrogen and oxygen atoms in total. The van der Waals surface area contributed by atoms with Gasteiger partial charge in [-0.3, -0.25) is 0 Å². The van der Waals surface area contributed by atoms with E-state index in [0.29, 0.717) is 12.2 Å². The van der Waals surface area contributed by atoms with Gasteiger partial charge in [-0.05, 0) is 61.0 Å². The van der Waals surface area contributed by atoms with Gasteiger partial charge in [-0.2, -0.15) is 0 Å². The Morgan fingerprint density at radius 1 is 0.935 bits per heavy atom. The Bertz CT molecular complexity index is 1240. The number of para-hydroxylation sites is 1. The fourth-order valence-electron chi connectivity index (χ4n) is 3.29. The molecule has 4 aromatic rings. The molecular weight excluding hydrogens is 386 g/mol. The highest BCUT2D eigenvalue weighted by Crippen LogP contribution is 2.22. The SMILES string of the molecule is COC(=O)c1ccc(COc2ccccc2/C=C/c2ccc3cc(C)ccc3n2)cc1. The normalized spacial score (nSPS) is 11.0. The van der Waals surface area contributed by atoms with E-state index in [1.165, 1.54) is 12.7 Å². The highest BCUT2D eigenvalue weighted by atomic mass is 16.5. The lowest BCUT2D eigenvalue weighted by Gasteiger charge is -2.10. The maximum absolute atomic E-state index is 11.6. The molecule has 0 unspecified atom stereocenters. The van der Waals surface area contributed by atoms with Gasteiger partial charge >= 0.3 is 5.97 Å². The molecule has 0 N–H and O–H groups in total. The molecule has 3 aromatic carbocycles. The molecule has 0 saturated heterocycles. The number of carbonyl (C=O) groups excluding carboxylic acids is 1. The molecule has 1 aromatic heterocycles. The number of pyridine rings is 1. The highest BCUT2D eigenvalue weighted by Gasteiger charge is 2.06. The smallest absolute Gasteiger partial charge is 0.337 e. The number of hydrogen-bond donors (Lipinski definition) is 0. The van der Waals surface area contributed by atoms with Gasteiger partial charge in [0.2, 0.25) is 0 Å². The van der Waals surface area contributed by atoms with E-state index >= 15 is 0 Å². The minimum absolute atomic E-state index is 0.347. The van der Waals surface area contributed by atoms with Crippen molar-refractivity contribution in [1.82, 2.24) is 4.98 Å². The molecule has 0 atom stereocenters. The third-order valence-corrected chi connectivity index (χ3v) is 4.99. The highest BCUT2D eigenvalue weighted by molar-refractivity contribution is 5.89. The first kappa shape index (κ1) is 20.4.